The van der Waals surface area contributed by atoms with Gasteiger partial charge in [0.1, 0.15) is 6.61 Å². The van der Waals surface area contributed by atoms with E-state index in [1.807, 2.05) is 37.3 Å². The minimum Gasteiger partial charge on any atom is -0.485 e. The molecule has 2 aromatic rings. The second-order valence-electron chi connectivity index (χ2n) is 5.44. The molecule has 1 aromatic heterocycles. The molecule has 0 aliphatic carbocycles. The largest absolute Gasteiger partial charge is 0.485 e. The van der Waals surface area contributed by atoms with E-state index in [0.29, 0.717) is 11.9 Å². The van der Waals surface area contributed by atoms with E-state index < -0.39 is 0 Å². The van der Waals surface area contributed by atoms with Crippen LogP contribution in [0.4, 0.5) is 0 Å². The molecule has 3 nitrogen and oxygen atoms in total. The van der Waals surface area contributed by atoms with Crippen molar-refractivity contribution in [3.8, 4) is 5.75 Å². The molecule has 0 radical (unpaired) electrons. The van der Waals surface area contributed by atoms with E-state index in [9.17, 15) is 0 Å². The molecule has 0 aliphatic heterocycles. The van der Waals surface area contributed by atoms with Crippen molar-refractivity contribution in [1.82, 2.24) is 9.97 Å². The van der Waals surface area contributed by atoms with E-state index in [4.69, 9.17) is 16.3 Å². The van der Waals surface area contributed by atoms with Crippen molar-refractivity contribution < 1.29 is 4.74 Å². The van der Waals surface area contributed by atoms with Crippen molar-refractivity contribution >= 4 is 11.6 Å². The van der Waals surface area contributed by atoms with Crippen LogP contribution in [0.3, 0.4) is 0 Å². The predicted octanol–water partition coefficient (Wildman–Crippen LogP) is 5.14. The van der Waals surface area contributed by atoms with Gasteiger partial charge in [-0.3, -0.25) is 0 Å². The zero-order chi connectivity index (χ0) is 15.8. The Balaban J connectivity index is 2.07. The Kier molecular flexibility index (Phi) is 6.66. The van der Waals surface area contributed by atoms with Gasteiger partial charge in [0, 0.05) is 0 Å². The van der Waals surface area contributed by atoms with E-state index in [1.165, 1.54) is 19.3 Å². The quantitative estimate of drug-likeness (QED) is 0.499. The summed E-state index contributed by atoms with van der Waals surface area (Å²) in [5.74, 6) is 0.782. The highest BCUT2D eigenvalue weighted by atomic mass is 35.5. The molecule has 0 spiro atoms. The summed E-state index contributed by atoms with van der Waals surface area (Å²) in [5, 5.41) is 0.301. The molecule has 0 bridgehead atoms. The summed E-state index contributed by atoms with van der Waals surface area (Å²) in [6.45, 7) is 4.65. The lowest BCUT2D eigenvalue weighted by Gasteiger charge is -2.13. The SMILES string of the molecule is CCCCCCc1nc(Cl)nc(C)c1OCc1ccccc1. The summed E-state index contributed by atoms with van der Waals surface area (Å²) < 4.78 is 5.98. The summed E-state index contributed by atoms with van der Waals surface area (Å²) in [6.07, 6.45) is 5.66. The van der Waals surface area contributed by atoms with Crippen LogP contribution >= 0.6 is 11.6 Å². The van der Waals surface area contributed by atoms with Crippen LogP contribution in [-0.2, 0) is 13.0 Å². The fourth-order valence-corrected chi connectivity index (χ4v) is 2.62. The number of aryl methyl sites for hydroxylation is 2. The van der Waals surface area contributed by atoms with Crippen molar-refractivity contribution in [1.29, 1.82) is 0 Å². The third-order valence-corrected chi connectivity index (χ3v) is 3.74. The lowest BCUT2D eigenvalue weighted by atomic mass is 10.1. The molecule has 1 aromatic carbocycles. The first-order valence-corrected chi connectivity index (χ1v) is 8.28. The maximum atomic E-state index is 6.00. The second kappa shape index (κ2) is 8.74. The van der Waals surface area contributed by atoms with Crippen LogP contribution in [0.25, 0.3) is 0 Å². The first-order chi connectivity index (χ1) is 10.7. The van der Waals surface area contributed by atoms with Gasteiger partial charge in [-0.25, -0.2) is 9.97 Å². The van der Waals surface area contributed by atoms with Gasteiger partial charge in [-0.05, 0) is 36.9 Å². The fraction of sp³-hybridized carbons (Fsp3) is 0.444. The maximum absolute atomic E-state index is 6.00. The summed E-state index contributed by atoms with van der Waals surface area (Å²) in [5.41, 5.74) is 2.86. The molecule has 4 heteroatoms. The highest BCUT2D eigenvalue weighted by Crippen LogP contribution is 2.25. The van der Waals surface area contributed by atoms with Crippen LogP contribution in [0.2, 0.25) is 5.28 Å². The number of nitrogens with zero attached hydrogens (tertiary/aromatic N) is 2. The van der Waals surface area contributed by atoms with Gasteiger partial charge < -0.3 is 4.74 Å². The minimum atomic E-state index is 0.301. The van der Waals surface area contributed by atoms with Crippen molar-refractivity contribution in [2.24, 2.45) is 0 Å². The van der Waals surface area contributed by atoms with Gasteiger partial charge in [0.05, 0.1) is 11.4 Å². The summed E-state index contributed by atoms with van der Waals surface area (Å²) in [4.78, 5) is 8.59. The minimum absolute atomic E-state index is 0.301. The molecule has 0 atom stereocenters. The monoisotopic (exact) mass is 318 g/mol. The number of rotatable bonds is 8. The third kappa shape index (κ3) is 4.99. The van der Waals surface area contributed by atoms with Crippen molar-refractivity contribution in [3.05, 3.63) is 52.6 Å². The molecule has 0 unspecified atom stereocenters. The Hall–Kier alpha value is -1.61. The van der Waals surface area contributed by atoms with Gasteiger partial charge in [0.25, 0.3) is 0 Å². The van der Waals surface area contributed by atoms with Gasteiger partial charge in [0.2, 0.25) is 5.28 Å². The van der Waals surface area contributed by atoms with Crippen molar-refractivity contribution in [2.45, 2.75) is 52.6 Å². The Morgan fingerprint density at radius 3 is 2.55 bits per heavy atom. The predicted molar refractivity (Wildman–Crippen MR) is 90.4 cm³/mol. The van der Waals surface area contributed by atoms with Crippen LogP contribution in [0.5, 0.6) is 5.75 Å². The Labute approximate surface area is 137 Å². The van der Waals surface area contributed by atoms with E-state index in [-0.39, 0.29) is 0 Å². The van der Waals surface area contributed by atoms with Gasteiger partial charge in [-0.15, -0.1) is 0 Å². The highest BCUT2D eigenvalue weighted by Gasteiger charge is 2.12. The molecule has 2 rings (SSSR count). The lowest BCUT2D eigenvalue weighted by molar-refractivity contribution is 0.296. The molecular formula is C18H23ClN2O. The molecule has 22 heavy (non-hydrogen) atoms. The average Bonchev–Trinajstić information content (AvgIpc) is 2.51. The fourth-order valence-electron chi connectivity index (χ4n) is 2.39. The number of aromatic nitrogens is 2. The van der Waals surface area contributed by atoms with E-state index in [0.717, 1.165) is 35.5 Å². The number of halogens is 1. The summed E-state index contributed by atoms with van der Waals surface area (Å²) >= 11 is 6.00. The Morgan fingerprint density at radius 2 is 1.82 bits per heavy atom. The molecule has 0 saturated carbocycles. The van der Waals surface area contributed by atoms with Gasteiger partial charge in [-0.1, -0.05) is 56.5 Å². The first-order valence-electron chi connectivity index (χ1n) is 7.90. The average molecular weight is 319 g/mol. The van der Waals surface area contributed by atoms with E-state index in [1.54, 1.807) is 0 Å². The molecular weight excluding hydrogens is 296 g/mol. The summed E-state index contributed by atoms with van der Waals surface area (Å²) in [6, 6.07) is 10.1. The van der Waals surface area contributed by atoms with Crippen LogP contribution in [-0.4, -0.2) is 9.97 Å². The van der Waals surface area contributed by atoms with Gasteiger partial charge >= 0.3 is 0 Å². The molecule has 0 aliphatic rings. The molecule has 0 fully saturated rings. The maximum Gasteiger partial charge on any atom is 0.223 e. The Bertz CT molecular complexity index is 587. The van der Waals surface area contributed by atoms with Crippen LogP contribution in [0, 0.1) is 6.92 Å². The smallest absolute Gasteiger partial charge is 0.223 e. The lowest BCUT2D eigenvalue weighted by Crippen LogP contribution is -2.05. The third-order valence-electron chi connectivity index (χ3n) is 3.57. The van der Waals surface area contributed by atoms with Crippen LogP contribution < -0.4 is 4.74 Å². The van der Waals surface area contributed by atoms with Crippen LogP contribution in [0.1, 0.15) is 49.6 Å². The van der Waals surface area contributed by atoms with Gasteiger partial charge in [-0.2, -0.15) is 0 Å². The first kappa shape index (κ1) is 16.8. The molecule has 0 N–H and O–H groups in total. The number of unbranched alkanes of at least 4 members (excludes halogenated alkanes) is 3. The van der Waals surface area contributed by atoms with Crippen LogP contribution in [0.15, 0.2) is 30.3 Å². The van der Waals surface area contributed by atoms with E-state index in [2.05, 4.69) is 16.9 Å². The molecule has 1 heterocycles. The number of benzene rings is 1. The standard InChI is InChI=1S/C18H23ClN2O/c1-3-4-5-9-12-16-17(14(2)20-18(19)21-16)22-13-15-10-7-6-8-11-15/h6-8,10-11H,3-5,9,12-13H2,1-2H3. The molecule has 0 saturated heterocycles. The molecule has 118 valence electrons. The number of hydrogen-bond acceptors (Lipinski definition) is 3. The molecule has 0 amide bonds. The Morgan fingerprint density at radius 1 is 1.05 bits per heavy atom. The van der Waals surface area contributed by atoms with Crippen molar-refractivity contribution in [2.75, 3.05) is 0 Å². The zero-order valence-corrected chi connectivity index (χ0v) is 14.1. The van der Waals surface area contributed by atoms with Crippen molar-refractivity contribution in [3.63, 3.8) is 0 Å². The normalized spacial score (nSPS) is 10.7. The van der Waals surface area contributed by atoms with E-state index >= 15 is 0 Å². The zero-order valence-electron chi connectivity index (χ0n) is 13.3. The highest BCUT2D eigenvalue weighted by molar-refractivity contribution is 6.28. The number of hydrogen-bond donors (Lipinski definition) is 0. The van der Waals surface area contributed by atoms with Gasteiger partial charge in [0.15, 0.2) is 5.75 Å². The summed E-state index contributed by atoms with van der Waals surface area (Å²) in [7, 11) is 0. The topological polar surface area (TPSA) is 35.0 Å². The second-order valence-corrected chi connectivity index (χ2v) is 5.78. The number of ether oxygens (including phenoxy) is 1.